The van der Waals surface area contributed by atoms with E-state index in [1.54, 1.807) is 0 Å². The molecular formula is C8H4BrI. The van der Waals surface area contributed by atoms with Crippen LogP contribution in [0, 0.1) is 14.3 Å². The van der Waals surface area contributed by atoms with Gasteiger partial charge >= 0.3 is 0 Å². The summed E-state index contributed by atoms with van der Waals surface area (Å²) >= 11 is 5.31. The van der Waals surface area contributed by atoms with E-state index in [1.165, 1.54) is 3.57 Å². The average molecular weight is 307 g/mol. The van der Waals surface area contributed by atoms with Gasteiger partial charge in [0.05, 0.1) is 0 Å². The van der Waals surface area contributed by atoms with E-state index in [0.29, 0.717) is 0 Å². The molecule has 0 atom stereocenters. The molecule has 0 nitrogen and oxygen atoms in total. The number of hydrogen-bond donors (Lipinski definition) is 0. The van der Waals surface area contributed by atoms with Crippen molar-refractivity contribution >= 4 is 38.5 Å². The molecule has 0 heterocycles. The Bertz CT molecular complexity index is 283. The third-order valence-electron chi connectivity index (χ3n) is 1.02. The Kier molecular flexibility index (Phi) is 3.23. The number of hydrogen-bond acceptors (Lipinski definition) is 0. The van der Waals surface area contributed by atoms with Crippen molar-refractivity contribution < 1.29 is 0 Å². The first-order valence-corrected chi connectivity index (χ1v) is 4.57. The molecule has 0 spiro atoms. The summed E-state index contributed by atoms with van der Waals surface area (Å²) in [6.07, 6.45) is 0. The molecular weight excluding hydrogens is 303 g/mol. The molecule has 0 bridgehead atoms. The van der Waals surface area contributed by atoms with Crippen LogP contribution in [-0.2, 0) is 0 Å². The van der Waals surface area contributed by atoms with Crippen LogP contribution in [0.2, 0.25) is 0 Å². The second kappa shape index (κ2) is 3.99. The molecule has 0 fully saturated rings. The molecule has 0 aliphatic carbocycles. The molecule has 0 saturated heterocycles. The van der Waals surface area contributed by atoms with Crippen LogP contribution < -0.4 is 0 Å². The summed E-state index contributed by atoms with van der Waals surface area (Å²) in [4.78, 5) is 2.67. The lowest BCUT2D eigenvalue weighted by atomic mass is 10.2. The lowest BCUT2D eigenvalue weighted by Crippen LogP contribution is -1.73. The predicted octanol–water partition coefficient (Wildman–Crippen LogP) is 3.00. The van der Waals surface area contributed by atoms with Gasteiger partial charge in [0.25, 0.3) is 0 Å². The average Bonchev–Trinajstić information content (AvgIpc) is 1.88. The molecule has 0 radical (unpaired) electrons. The molecule has 1 aromatic rings. The van der Waals surface area contributed by atoms with E-state index in [2.05, 4.69) is 49.3 Å². The Morgan fingerprint density at radius 1 is 1.40 bits per heavy atom. The van der Waals surface area contributed by atoms with Gasteiger partial charge in [-0.05, 0) is 45.6 Å². The molecule has 0 aliphatic rings. The third kappa shape index (κ3) is 2.31. The van der Waals surface area contributed by atoms with E-state index in [4.69, 9.17) is 0 Å². The largest absolute Gasteiger partial charge is 0.0600 e. The first kappa shape index (κ1) is 8.09. The minimum Gasteiger partial charge on any atom is -0.0600 e. The Hall–Kier alpha value is -0.0100. The molecule has 50 valence electrons. The summed E-state index contributed by atoms with van der Waals surface area (Å²) in [5.41, 5.74) is 1.05. The quantitative estimate of drug-likeness (QED) is 0.511. The molecule has 0 amide bonds. The Labute approximate surface area is 82.3 Å². The molecule has 0 saturated carbocycles. The SMILES string of the molecule is BrC#Cc1cccc(I)c1. The van der Waals surface area contributed by atoms with Crippen LogP contribution in [0.15, 0.2) is 24.3 Å². The lowest BCUT2D eigenvalue weighted by Gasteiger charge is -1.89. The normalized spacial score (nSPS) is 8.20. The smallest absolute Gasteiger partial charge is 0.0264 e. The van der Waals surface area contributed by atoms with E-state index >= 15 is 0 Å². The molecule has 10 heavy (non-hydrogen) atoms. The Morgan fingerprint density at radius 2 is 2.20 bits per heavy atom. The fraction of sp³-hybridized carbons (Fsp3) is 0. The van der Waals surface area contributed by atoms with E-state index in [0.717, 1.165) is 5.56 Å². The summed E-state index contributed by atoms with van der Waals surface area (Å²) in [5, 5.41) is 0. The maximum absolute atomic E-state index is 3.05. The van der Waals surface area contributed by atoms with Crippen LogP contribution >= 0.6 is 38.5 Å². The number of benzene rings is 1. The van der Waals surface area contributed by atoms with Gasteiger partial charge in [-0.15, -0.1) is 0 Å². The highest BCUT2D eigenvalue weighted by Crippen LogP contribution is 2.06. The first-order valence-electron chi connectivity index (χ1n) is 2.70. The second-order valence-corrected chi connectivity index (χ2v) is 3.37. The van der Waals surface area contributed by atoms with Gasteiger partial charge in [-0.1, -0.05) is 12.0 Å². The highest BCUT2D eigenvalue weighted by atomic mass is 127. The van der Waals surface area contributed by atoms with Gasteiger partial charge in [-0.2, -0.15) is 0 Å². The van der Waals surface area contributed by atoms with E-state index in [-0.39, 0.29) is 0 Å². The second-order valence-electron chi connectivity index (χ2n) is 1.73. The molecule has 0 aliphatic heterocycles. The molecule has 2 heteroatoms. The first-order chi connectivity index (χ1) is 4.83. The Morgan fingerprint density at radius 3 is 2.80 bits per heavy atom. The molecule has 0 N–H and O–H groups in total. The summed E-state index contributed by atoms with van der Waals surface area (Å²) in [6, 6.07) is 8.06. The summed E-state index contributed by atoms with van der Waals surface area (Å²) in [5.74, 6) is 2.91. The maximum atomic E-state index is 3.05. The standard InChI is InChI=1S/C8H4BrI/c9-5-4-7-2-1-3-8(10)6-7/h1-3,6H. The van der Waals surface area contributed by atoms with Crippen LogP contribution in [0.5, 0.6) is 0 Å². The van der Waals surface area contributed by atoms with E-state index in [1.807, 2.05) is 24.3 Å². The van der Waals surface area contributed by atoms with Gasteiger partial charge in [0.1, 0.15) is 0 Å². The topological polar surface area (TPSA) is 0 Å². The third-order valence-corrected chi connectivity index (χ3v) is 1.89. The summed E-state index contributed by atoms with van der Waals surface area (Å²) in [7, 11) is 0. The van der Waals surface area contributed by atoms with Crippen LogP contribution in [-0.4, -0.2) is 0 Å². The van der Waals surface area contributed by atoms with Gasteiger partial charge in [0, 0.05) is 25.1 Å². The van der Waals surface area contributed by atoms with Crippen molar-refractivity contribution in [2.75, 3.05) is 0 Å². The highest BCUT2D eigenvalue weighted by Gasteiger charge is 1.86. The van der Waals surface area contributed by atoms with Crippen molar-refractivity contribution in [1.29, 1.82) is 0 Å². The van der Waals surface area contributed by atoms with Gasteiger partial charge in [-0.3, -0.25) is 0 Å². The fourth-order valence-electron chi connectivity index (χ4n) is 0.621. The van der Waals surface area contributed by atoms with Crippen molar-refractivity contribution in [2.24, 2.45) is 0 Å². The minimum atomic E-state index is 1.05. The van der Waals surface area contributed by atoms with Crippen molar-refractivity contribution in [1.82, 2.24) is 0 Å². The Balaban J connectivity index is 3.03. The maximum Gasteiger partial charge on any atom is 0.0264 e. The monoisotopic (exact) mass is 306 g/mol. The minimum absolute atomic E-state index is 1.05. The molecule has 0 aromatic heterocycles. The zero-order valence-corrected chi connectivity index (χ0v) is 8.81. The number of rotatable bonds is 0. The zero-order valence-electron chi connectivity index (χ0n) is 5.07. The lowest BCUT2D eigenvalue weighted by molar-refractivity contribution is 1.60. The molecule has 1 aromatic carbocycles. The van der Waals surface area contributed by atoms with Crippen molar-refractivity contribution in [2.45, 2.75) is 0 Å². The van der Waals surface area contributed by atoms with Crippen LogP contribution in [0.1, 0.15) is 5.56 Å². The van der Waals surface area contributed by atoms with Gasteiger partial charge in [-0.25, -0.2) is 0 Å². The van der Waals surface area contributed by atoms with Crippen LogP contribution in [0.3, 0.4) is 0 Å². The summed E-state index contributed by atoms with van der Waals surface area (Å²) in [6.45, 7) is 0. The van der Waals surface area contributed by atoms with E-state index in [9.17, 15) is 0 Å². The molecule has 1 rings (SSSR count). The van der Waals surface area contributed by atoms with Crippen molar-refractivity contribution in [3.05, 3.63) is 33.4 Å². The van der Waals surface area contributed by atoms with Crippen molar-refractivity contribution in [3.63, 3.8) is 0 Å². The summed E-state index contributed by atoms with van der Waals surface area (Å²) < 4.78 is 1.21. The number of halogens is 2. The van der Waals surface area contributed by atoms with Crippen LogP contribution in [0.4, 0.5) is 0 Å². The van der Waals surface area contributed by atoms with Crippen molar-refractivity contribution in [3.8, 4) is 10.8 Å². The van der Waals surface area contributed by atoms with Gasteiger partial charge < -0.3 is 0 Å². The fourth-order valence-corrected chi connectivity index (χ4v) is 1.39. The van der Waals surface area contributed by atoms with Crippen LogP contribution in [0.25, 0.3) is 0 Å². The molecule has 0 unspecified atom stereocenters. The highest BCUT2D eigenvalue weighted by molar-refractivity contribution is 14.1. The van der Waals surface area contributed by atoms with Gasteiger partial charge in [0.2, 0.25) is 0 Å². The zero-order chi connectivity index (χ0) is 7.40. The predicted molar refractivity (Wildman–Crippen MR) is 55.0 cm³/mol. The van der Waals surface area contributed by atoms with E-state index < -0.39 is 0 Å². The van der Waals surface area contributed by atoms with Gasteiger partial charge in [0.15, 0.2) is 0 Å².